The molecule has 1 aromatic rings. The van der Waals surface area contributed by atoms with Crippen molar-refractivity contribution in [2.24, 2.45) is 13.0 Å². The summed E-state index contributed by atoms with van der Waals surface area (Å²) in [5.41, 5.74) is 0. The van der Waals surface area contributed by atoms with Crippen LogP contribution in [0, 0.1) is 5.92 Å². The molecule has 0 fully saturated rings. The van der Waals surface area contributed by atoms with E-state index in [1.54, 1.807) is 19.3 Å². The largest absolute Gasteiger partial charge is 0.481 e. The van der Waals surface area contributed by atoms with E-state index in [0.29, 0.717) is 0 Å². The Morgan fingerprint density at radius 3 is 2.59 bits per heavy atom. The maximum Gasteiger partial charge on any atom is 0.307 e. The van der Waals surface area contributed by atoms with Gasteiger partial charge in [0.2, 0.25) is 0 Å². The van der Waals surface area contributed by atoms with Crippen molar-refractivity contribution in [1.29, 1.82) is 0 Å². The minimum atomic E-state index is -3.62. The quantitative estimate of drug-likeness (QED) is 0.829. The van der Waals surface area contributed by atoms with E-state index >= 15 is 0 Å². The van der Waals surface area contributed by atoms with Crippen LogP contribution < -0.4 is 0 Å². The Bertz CT molecular complexity index is 506. The van der Waals surface area contributed by atoms with Gasteiger partial charge in [0, 0.05) is 26.8 Å². The van der Waals surface area contributed by atoms with Gasteiger partial charge in [0.05, 0.1) is 5.92 Å². The number of aromatic nitrogens is 1. The summed E-state index contributed by atoms with van der Waals surface area (Å²) < 4.78 is 26.7. The van der Waals surface area contributed by atoms with Crippen molar-refractivity contribution in [2.45, 2.75) is 11.9 Å². The van der Waals surface area contributed by atoms with Crippen LogP contribution in [-0.2, 0) is 21.9 Å². The number of nitrogens with zero attached hydrogens (tertiary/aromatic N) is 2. The van der Waals surface area contributed by atoms with Crippen LogP contribution in [0.25, 0.3) is 0 Å². The van der Waals surface area contributed by atoms with Crippen molar-refractivity contribution in [1.82, 2.24) is 8.87 Å². The van der Waals surface area contributed by atoms with Crippen molar-refractivity contribution in [3.63, 3.8) is 0 Å². The van der Waals surface area contributed by atoms with Crippen molar-refractivity contribution < 1.29 is 18.3 Å². The van der Waals surface area contributed by atoms with Gasteiger partial charge in [0.15, 0.2) is 0 Å². The summed E-state index contributed by atoms with van der Waals surface area (Å²) in [6.07, 6.45) is 1.63. The zero-order valence-corrected chi connectivity index (χ0v) is 10.8. The highest BCUT2D eigenvalue weighted by atomic mass is 32.2. The maximum absolute atomic E-state index is 12.1. The number of hydrogen-bond acceptors (Lipinski definition) is 3. The molecule has 1 rings (SSSR count). The molecule has 0 aromatic carbocycles. The number of carboxylic acids is 1. The number of rotatable bonds is 5. The third-order valence-corrected chi connectivity index (χ3v) is 4.45. The summed E-state index contributed by atoms with van der Waals surface area (Å²) in [4.78, 5) is 10.7. The van der Waals surface area contributed by atoms with Gasteiger partial charge in [-0.25, -0.2) is 8.42 Å². The molecule has 0 saturated carbocycles. The smallest absolute Gasteiger partial charge is 0.307 e. The summed E-state index contributed by atoms with van der Waals surface area (Å²) in [5.74, 6) is -1.76. The van der Waals surface area contributed by atoms with E-state index in [1.165, 1.54) is 24.6 Å². The van der Waals surface area contributed by atoms with Crippen LogP contribution in [0.5, 0.6) is 0 Å². The van der Waals surface area contributed by atoms with E-state index in [0.717, 1.165) is 4.31 Å². The third kappa shape index (κ3) is 2.86. The molecule has 7 heteroatoms. The summed E-state index contributed by atoms with van der Waals surface area (Å²) in [7, 11) is -0.619. The first-order valence-electron chi connectivity index (χ1n) is 5.07. The Morgan fingerprint density at radius 2 is 2.18 bits per heavy atom. The molecule has 0 bridgehead atoms. The number of aliphatic carboxylic acids is 1. The van der Waals surface area contributed by atoms with E-state index in [-0.39, 0.29) is 11.6 Å². The molecule has 0 aliphatic heterocycles. The standard InChI is InChI=1S/C10H16N2O4S/c1-8(10(13)14)7-12(3)17(15,16)9-5-4-6-11(9)2/h4-6,8H,7H2,1-3H3,(H,13,14). The summed E-state index contributed by atoms with van der Waals surface area (Å²) in [6, 6.07) is 3.11. The Labute approximate surface area is 101 Å². The van der Waals surface area contributed by atoms with E-state index in [9.17, 15) is 13.2 Å². The van der Waals surface area contributed by atoms with E-state index in [4.69, 9.17) is 5.11 Å². The van der Waals surface area contributed by atoms with Crippen molar-refractivity contribution in [3.05, 3.63) is 18.3 Å². The fourth-order valence-electron chi connectivity index (χ4n) is 1.43. The topological polar surface area (TPSA) is 79.6 Å². The monoisotopic (exact) mass is 260 g/mol. The lowest BCUT2D eigenvalue weighted by atomic mass is 10.2. The predicted molar refractivity (Wildman–Crippen MR) is 62.0 cm³/mol. The second kappa shape index (κ2) is 4.89. The fourth-order valence-corrected chi connectivity index (χ4v) is 2.85. The maximum atomic E-state index is 12.1. The number of sulfonamides is 1. The van der Waals surface area contributed by atoms with Gasteiger partial charge in [0.1, 0.15) is 5.03 Å². The zero-order chi connectivity index (χ0) is 13.2. The molecule has 0 spiro atoms. The zero-order valence-electron chi connectivity index (χ0n) is 9.99. The van der Waals surface area contributed by atoms with Crippen LogP contribution in [0.2, 0.25) is 0 Å². The SMILES string of the molecule is CC(CN(C)S(=O)(=O)c1cccn1C)C(=O)O. The first-order chi connectivity index (χ1) is 7.76. The van der Waals surface area contributed by atoms with Gasteiger partial charge < -0.3 is 9.67 Å². The van der Waals surface area contributed by atoms with Crippen molar-refractivity contribution in [3.8, 4) is 0 Å². The molecular formula is C10H16N2O4S. The van der Waals surface area contributed by atoms with Gasteiger partial charge in [-0.1, -0.05) is 6.92 Å². The lowest BCUT2D eigenvalue weighted by molar-refractivity contribution is -0.141. The van der Waals surface area contributed by atoms with Crippen LogP contribution in [0.15, 0.2) is 23.4 Å². The molecule has 0 radical (unpaired) electrons. The molecule has 1 unspecified atom stereocenters. The molecule has 0 aliphatic carbocycles. The molecule has 1 heterocycles. The predicted octanol–water partition coefficient (Wildman–Crippen LogP) is 0.366. The fraction of sp³-hybridized carbons (Fsp3) is 0.500. The molecule has 96 valence electrons. The summed E-state index contributed by atoms with van der Waals surface area (Å²) in [6.45, 7) is 1.42. The average molecular weight is 260 g/mol. The molecule has 17 heavy (non-hydrogen) atoms. The number of aryl methyl sites for hydroxylation is 1. The van der Waals surface area contributed by atoms with Crippen LogP contribution in [0.4, 0.5) is 0 Å². The molecule has 1 atom stereocenters. The van der Waals surface area contributed by atoms with Crippen LogP contribution in [0.3, 0.4) is 0 Å². The van der Waals surface area contributed by atoms with Crippen LogP contribution >= 0.6 is 0 Å². The highest BCUT2D eigenvalue weighted by Crippen LogP contribution is 2.15. The van der Waals surface area contributed by atoms with Crippen LogP contribution in [-0.4, -0.2) is 42.0 Å². The highest BCUT2D eigenvalue weighted by Gasteiger charge is 2.26. The molecule has 0 amide bonds. The molecule has 1 aromatic heterocycles. The van der Waals surface area contributed by atoms with Gasteiger partial charge in [-0.05, 0) is 12.1 Å². The second-order valence-corrected chi connectivity index (χ2v) is 5.97. The number of hydrogen-bond donors (Lipinski definition) is 1. The lowest BCUT2D eigenvalue weighted by Crippen LogP contribution is -2.34. The Kier molecular flexibility index (Phi) is 3.94. The Balaban J connectivity index is 2.93. The van der Waals surface area contributed by atoms with Crippen LogP contribution in [0.1, 0.15) is 6.92 Å². The van der Waals surface area contributed by atoms with Gasteiger partial charge in [-0.15, -0.1) is 0 Å². The van der Waals surface area contributed by atoms with Gasteiger partial charge in [-0.3, -0.25) is 4.79 Å². The Hall–Kier alpha value is -1.34. The van der Waals surface area contributed by atoms with Gasteiger partial charge in [-0.2, -0.15) is 4.31 Å². The van der Waals surface area contributed by atoms with Gasteiger partial charge in [0.25, 0.3) is 10.0 Å². The minimum Gasteiger partial charge on any atom is -0.481 e. The first kappa shape index (κ1) is 13.7. The van der Waals surface area contributed by atoms with Crippen molar-refractivity contribution in [2.75, 3.05) is 13.6 Å². The molecule has 0 saturated heterocycles. The highest BCUT2D eigenvalue weighted by molar-refractivity contribution is 7.89. The molecule has 0 aliphatic rings. The lowest BCUT2D eigenvalue weighted by Gasteiger charge is -2.19. The average Bonchev–Trinajstić information content (AvgIpc) is 2.64. The van der Waals surface area contributed by atoms with Crippen molar-refractivity contribution >= 4 is 16.0 Å². The van der Waals surface area contributed by atoms with Gasteiger partial charge >= 0.3 is 5.97 Å². The first-order valence-corrected chi connectivity index (χ1v) is 6.51. The minimum absolute atomic E-state index is 0.0527. The second-order valence-electron chi connectivity index (χ2n) is 3.98. The third-order valence-electron chi connectivity index (χ3n) is 2.52. The van der Waals surface area contributed by atoms with E-state index < -0.39 is 21.9 Å². The Morgan fingerprint density at radius 1 is 1.59 bits per heavy atom. The number of carbonyl (C=O) groups is 1. The summed E-state index contributed by atoms with van der Waals surface area (Å²) in [5, 5.41) is 8.91. The molecular weight excluding hydrogens is 244 g/mol. The normalized spacial score (nSPS) is 13.9. The van der Waals surface area contributed by atoms with E-state index in [1.807, 2.05) is 0 Å². The summed E-state index contributed by atoms with van der Waals surface area (Å²) >= 11 is 0. The number of carboxylic acid groups (broad SMARTS) is 1. The molecule has 6 nitrogen and oxygen atoms in total. The molecule has 1 N–H and O–H groups in total. The van der Waals surface area contributed by atoms with E-state index in [2.05, 4.69) is 0 Å².